The normalized spacial score (nSPS) is 11.1. The Morgan fingerprint density at radius 2 is 1.83 bits per heavy atom. The van der Waals surface area contributed by atoms with Gasteiger partial charge in [0, 0.05) is 27.8 Å². The Balaban J connectivity index is 2.57. The summed E-state index contributed by atoms with van der Waals surface area (Å²) >= 11 is 0. The lowest BCUT2D eigenvalue weighted by Crippen LogP contribution is -2.55. The van der Waals surface area contributed by atoms with Crippen LogP contribution < -0.4 is 10.2 Å². The second-order valence-corrected chi connectivity index (χ2v) is 7.90. The number of nitrogens with zero attached hydrogens (tertiary/aromatic N) is 1. The molecule has 6 nitrogen and oxygen atoms in total. The van der Waals surface area contributed by atoms with E-state index in [-0.39, 0.29) is 5.56 Å². The first-order chi connectivity index (χ1) is 13.6. The van der Waals surface area contributed by atoms with Gasteiger partial charge in [0.05, 0.1) is 7.11 Å². The van der Waals surface area contributed by atoms with Gasteiger partial charge in [0.1, 0.15) is 12.0 Å². The second-order valence-electron chi connectivity index (χ2n) is 7.90. The monoisotopic (exact) mass is 396 g/mol. The molecular weight excluding hydrogens is 368 g/mol. The first kappa shape index (κ1) is 22.3. The number of benzene rings is 2. The summed E-state index contributed by atoms with van der Waals surface area (Å²) in [6, 6.07) is 10.0. The number of aldehydes is 1. The van der Waals surface area contributed by atoms with Crippen molar-refractivity contribution < 1.29 is 19.1 Å². The molecule has 154 valence electrons. The van der Waals surface area contributed by atoms with E-state index in [0.717, 1.165) is 16.1 Å². The Kier molecular flexibility index (Phi) is 6.93. The molecule has 6 heteroatoms. The third-order valence-corrected chi connectivity index (χ3v) is 4.27. The average Bonchev–Trinajstić information content (AvgIpc) is 2.68. The number of ether oxygens (including phenoxy) is 1. The highest BCUT2D eigenvalue weighted by Gasteiger charge is 2.30. The fourth-order valence-electron chi connectivity index (χ4n) is 3.10. The molecule has 0 aromatic heterocycles. The highest BCUT2D eigenvalue weighted by Crippen LogP contribution is 2.25. The van der Waals surface area contributed by atoms with Gasteiger partial charge in [-0.1, -0.05) is 13.0 Å². The number of nitrogens with one attached hydrogen (secondary N) is 1. The molecule has 0 heterocycles. The van der Waals surface area contributed by atoms with E-state index in [9.17, 15) is 14.4 Å². The number of hydrogen-bond donors (Lipinski definition) is 1. The number of amides is 2. The molecule has 2 aromatic rings. The van der Waals surface area contributed by atoms with Crippen LogP contribution >= 0.6 is 0 Å². The standard InChI is InChI=1S/C23H28N2O4/c1-7-18-19(9-8-10-20(18)29-6)22(28)25(24-23(3,4)5)21(27)17-12-15(2)11-16(13-17)14-26/h8-14,24H,7H2,1-6H3. The molecule has 0 atom stereocenters. The summed E-state index contributed by atoms with van der Waals surface area (Å²) in [6.07, 6.45) is 1.26. The van der Waals surface area contributed by atoms with Gasteiger partial charge in [-0.3, -0.25) is 14.4 Å². The first-order valence-electron chi connectivity index (χ1n) is 9.50. The second kappa shape index (κ2) is 9.01. The number of carbonyl (C=O) groups is 3. The van der Waals surface area contributed by atoms with Crippen LogP contribution in [0.1, 0.15) is 69.9 Å². The smallest absolute Gasteiger partial charge is 0.275 e. The topological polar surface area (TPSA) is 75.7 Å². The maximum absolute atomic E-state index is 13.4. The van der Waals surface area contributed by atoms with Gasteiger partial charge in [-0.25, -0.2) is 10.4 Å². The van der Waals surface area contributed by atoms with Crippen molar-refractivity contribution in [3.8, 4) is 5.75 Å². The van der Waals surface area contributed by atoms with Crippen LogP contribution in [0.25, 0.3) is 0 Å². The van der Waals surface area contributed by atoms with Crippen molar-refractivity contribution in [3.05, 3.63) is 64.2 Å². The van der Waals surface area contributed by atoms with Crippen LogP contribution in [-0.4, -0.2) is 35.8 Å². The van der Waals surface area contributed by atoms with Gasteiger partial charge in [-0.15, -0.1) is 0 Å². The minimum atomic E-state index is -0.548. The zero-order chi connectivity index (χ0) is 21.8. The van der Waals surface area contributed by atoms with E-state index in [0.29, 0.717) is 29.6 Å². The molecule has 29 heavy (non-hydrogen) atoms. The number of imide groups is 1. The molecular formula is C23H28N2O4. The summed E-state index contributed by atoms with van der Waals surface area (Å²) in [4.78, 5) is 38.0. The molecule has 0 radical (unpaired) electrons. The molecule has 2 rings (SSSR count). The fourth-order valence-corrected chi connectivity index (χ4v) is 3.10. The van der Waals surface area contributed by atoms with Crippen LogP contribution in [0.5, 0.6) is 5.75 Å². The van der Waals surface area contributed by atoms with Crippen molar-refractivity contribution in [2.45, 2.75) is 46.6 Å². The van der Waals surface area contributed by atoms with Gasteiger partial charge < -0.3 is 4.74 Å². The van der Waals surface area contributed by atoms with E-state index in [1.54, 1.807) is 44.4 Å². The number of aryl methyl sites for hydroxylation is 1. The summed E-state index contributed by atoms with van der Waals surface area (Å²) in [5, 5.41) is 1.03. The van der Waals surface area contributed by atoms with Gasteiger partial charge in [0.15, 0.2) is 0 Å². The van der Waals surface area contributed by atoms with Gasteiger partial charge in [0.2, 0.25) is 0 Å². The zero-order valence-electron chi connectivity index (χ0n) is 17.8. The Bertz CT molecular complexity index is 929. The summed E-state index contributed by atoms with van der Waals surface area (Å²) in [5.74, 6) is -0.406. The van der Waals surface area contributed by atoms with Crippen LogP contribution in [0.2, 0.25) is 0 Å². The molecule has 0 spiro atoms. The lowest BCUT2D eigenvalue weighted by molar-refractivity contribution is 0.0451. The van der Waals surface area contributed by atoms with Crippen molar-refractivity contribution in [2.75, 3.05) is 7.11 Å². The van der Waals surface area contributed by atoms with E-state index in [4.69, 9.17) is 4.74 Å². The molecule has 0 aliphatic rings. The molecule has 0 saturated carbocycles. The van der Waals surface area contributed by atoms with E-state index < -0.39 is 17.4 Å². The SMILES string of the molecule is CCc1c(OC)cccc1C(=O)N(NC(C)(C)C)C(=O)c1cc(C)cc(C=O)c1. The quantitative estimate of drug-likeness (QED) is 0.454. The third kappa shape index (κ3) is 5.29. The van der Waals surface area contributed by atoms with Crippen molar-refractivity contribution in [2.24, 2.45) is 0 Å². The van der Waals surface area contributed by atoms with E-state index in [1.165, 1.54) is 6.07 Å². The Morgan fingerprint density at radius 3 is 2.38 bits per heavy atom. The van der Waals surface area contributed by atoms with Crippen molar-refractivity contribution >= 4 is 18.1 Å². The van der Waals surface area contributed by atoms with Crippen molar-refractivity contribution in [1.29, 1.82) is 0 Å². The predicted molar refractivity (Wildman–Crippen MR) is 112 cm³/mol. The largest absolute Gasteiger partial charge is 0.496 e. The first-order valence-corrected chi connectivity index (χ1v) is 9.50. The van der Waals surface area contributed by atoms with Crippen molar-refractivity contribution in [1.82, 2.24) is 10.4 Å². The van der Waals surface area contributed by atoms with Gasteiger partial charge in [0.25, 0.3) is 11.8 Å². The average molecular weight is 396 g/mol. The van der Waals surface area contributed by atoms with Gasteiger partial charge >= 0.3 is 0 Å². The predicted octanol–water partition coefficient (Wildman–Crippen LogP) is 3.96. The highest BCUT2D eigenvalue weighted by molar-refractivity contribution is 6.11. The molecule has 1 N–H and O–H groups in total. The Labute approximate surface area is 171 Å². The zero-order valence-corrected chi connectivity index (χ0v) is 17.8. The van der Waals surface area contributed by atoms with Crippen molar-refractivity contribution in [3.63, 3.8) is 0 Å². The van der Waals surface area contributed by atoms with E-state index >= 15 is 0 Å². The molecule has 0 aliphatic carbocycles. The molecule has 2 aromatic carbocycles. The summed E-state index contributed by atoms with van der Waals surface area (Å²) in [5.41, 5.74) is 4.98. The van der Waals surface area contributed by atoms with Crippen LogP contribution in [0.4, 0.5) is 0 Å². The maximum Gasteiger partial charge on any atom is 0.275 e. The van der Waals surface area contributed by atoms with E-state index in [2.05, 4.69) is 5.43 Å². The summed E-state index contributed by atoms with van der Waals surface area (Å²) in [7, 11) is 1.55. The third-order valence-electron chi connectivity index (χ3n) is 4.27. The number of carbonyl (C=O) groups excluding carboxylic acids is 3. The lowest BCUT2D eigenvalue weighted by atomic mass is 10.0. The van der Waals surface area contributed by atoms with Crippen LogP contribution in [0.3, 0.4) is 0 Å². The molecule has 0 aliphatic heterocycles. The maximum atomic E-state index is 13.4. The molecule has 0 saturated heterocycles. The van der Waals surface area contributed by atoms with Gasteiger partial charge in [-0.05, 0) is 70.0 Å². The molecule has 2 amide bonds. The van der Waals surface area contributed by atoms with Gasteiger partial charge in [-0.2, -0.15) is 0 Å². The minimum absolute atomic E-state index is 0.262. The van der Waals surface area contributed by atoms with Crippen LogP contribution in [-0.2, 0) is 6.42 Å². The number of rotatable bonds is 6. The molecule has 0 unspecified atom stereocenters. The molecule has 0 bridgehead atoms. The Morgan fingerprint density at radius 1 is 1.14 bits per heavy atom. The number of methoxy groups -OCH3 is 1. The summed E-state index contributed by atoms with van der Waals surface area (Å²) in [6.45, 7) is 9.30. The van der Waals surface area contributed by atoms with Crippen LogP contribution in [0.15, 0.2) is 36.4 Å². The highest BCUT2D eigenvalue weighted by atomic mass is 16.5. The van der Waals surface area contributed by atoms with E-state index in [1.807, 2.05) is 27.7 Å². The minimum Gasteiger partial charge on any atom is -0.496 e. The lowest BCUT2D eigenvalue weighted by Gasteiger charge is -2.31. The number of hydrazine groups is 1. The fraction of sp³-hybridized carbons (Fsp3) is 0.348. The number of hydrogen-bond acceptors (Lipinski definition) is 5. The van der Waals surface area contributed by atoms with Crippen LogP contribution in [0, 0.1) is 6.92 Å². The Hall–Kier alpha value is -2.99. The summed E-state index contributed by atoms with van der Waals surface area (Å²) < 4.78 is 5.38. The molecule has 0 fully saturated rings.